The fourth-order valence-electron chi connectivity index (χ4n) is 3.22. The first-order valence-electron chi connectivity index (χ1n) is 10.5. The quantitative estimate of drug-likeness (QED) is 0.509. The van der Waals surface area contributed by atoms with E-state index in [0.717, 1.165) is 37.9 Å². The zero-order valence-corrected chi connectivity index (χ0v) is 18.3. The van der Waals surface area contributed by atoms with Gasteiger partial charge in [0.2, 0.25) is 15.9 Å². The molecule has 0 bridgehead atoms. The maximum absolute atomic E-state index is 12.2. The molecular formula is C23H31N3O3S. The van der Waals surface area contributed by atoms with Crippen LogP contribution in [0.4, 0.5) is 0 Å². The molecule has 2 aromatic carbocycles. The second-order valence-corrected chi connectivity index (χ2v) is 9.68. The number of hydrogen-bond acceptors (Lipinski definition) is 4. The summed E-state index contributed by atoms with van der Waals surface area (Å²) in [5.74, 6) is 0.0211. The number of nitrogens with one attached hydrogen (secondary N) is 2. The lowest BCUT2D eigenvalue weighted by Gasteiger charge is -2.16. The molecule has 0 atom stereocenters. The van der Waals surface area contributed by atoms with E-state index in [1.54, 1.807) is 24.3 Å². The molecule has 1 aliphatic carbocycles. The van der Waals surface area contributed by atoms with Gasteiger partial charge in [-0.15, -0.1) is 0 Å². The lowest BCUT2D eigenvalue weighted by molar-refractivity contribution is -0.121. The highest BCUT2D eigenvalue weighted by Gasteiger charge is 2.27. The van der Waals surface area contributed by atoms with E-state index in [0.29, 0.717) is 19.4 Å². The van der Waals surface area contributed by atoms with Gasteiger partial charge in [0.1, 0.15) is 0 Å². The molecule has 0 spiro atoms. The first-order chi connectivity index (χ1) is 14.4. The molecule has 1 saturated carbocycles. The minimum Gasteiger partial charge on any atom is -0.356 e. The van der Waals surface area contributed by atoms with Gasteiger partial charge in [-0.25, -0.2) is 13.1 Å². The minimum absolute atomic E-state index is 0.0211. The monoisotopic (exact) mass is 429 g/mol. The van der Waals surface area contributed by atoms with Crippen LogP contribution in [0.5, 0.6) is 0 Å². The van der Waals surface area contributed by atoms with Crippen LogP contribution in [0.15, 0.2) is 59.5 Å². The molecule has 0 radical (unpaired) electrons. The third-order valence-electron chi connectivity index (χ3n) is 5.11. The van der Waals surface area contributed by atoms with Gasteiger partial charge in [-0.1, -0.05) is 42.5 Å². The summed E-state index contributed by atoms with van der Waals surface area (Å²) in [6.07, 6.45) is 3.71. The Morgan fingerprint density at radius 3 is 2.40 bits per heavy atom. The Kier molecular flexibility index (Phi) is 8.01. The normalized spacial score (nSPS) is 14.1. The molecule has 1 amide bonds. The Morgan fingerprint density at radius 1 is 1.03 bits per heavy atom. The molecular weight excluding hydrogens is 398 g/mol. The summed E-state index contributed by atoms with van der Waals surface area (Å²) in [5, 5.41) is 2.96. The fourth-order valence-corrected chi connectivity index (χ4v) is 4.53. The molecule has 6 nitrogen and oxygen atoms in total. The van der Waals surface area contributed by atoms with E-state index < -0.39 is 10.0 Å². The summed E-state index contributed by atoms with van der Waals surface area (Å²) in [7, 11) is -1.34. The highest BCUT2D eigenvalue weighted by atomic mass is 32.2. The molecule has 30 heavy (non-hydrogen) atoms. The van der Waals surface area contributed by atoms with Crippen molar-refractivity contribution in [2.75, 3.05) is 20.1 Å². The van der Waals surface area contributed by atoms with E-state index in [1.807, 2.05) is 18.2 Å². The largest absolute Gasteiger partial charge is 0.356 e. The van der Waals surface area contributed by atoms with Crippen molar-refractivity contribution in [1.29, 1.82) is 0 Å². The third kappa shape index (κ3) is 7.55. The van der Waals surface area contributed by atoms with Gasteiger partial charge in [0.25, 0.3) is 0 Å². The van der Waals surface area contributed by atoms with Crippen molar-refractivity contribution in [2.24, 2.45) is 0 Å². The highest BCUT2D eigenvalue weighted by Crippen LogP contribution is 2.22. The predicted octanol–water partition coefficient (Wildman–Crippen LogP) is 2.70. The number of carbonyl (C=O) groups excluding carboxylic acids is 1. The Balaban J connectivity index is 1.31. The number of sulfonamides is 1. The third-order valence-corrected chi connectivity index (χ3v) is 6.64. The Bertz CT molecular complexity index is 910. The Hall–Kier alpha value is -2.22. The number of aryl methyl sites for hydroxylation is 1. The molecule has 0 unspecified atom stereocenters. The number of amides is 1. The van der Waals surface area contributed by atoms with E-state index >= 15 is 0 Å². The predicted molar refractivity (Wildman–Crippen MR) is 119 cm³/mol. The van der Waals surface area contributed by atoms with Gasteiger partial charge in [-0.05, 0) is 62.5 Å². The van der Waals surface area contributed by atoms with Crippen molar-refractivity contribution >= 4 is 15.9 Å². The van der Waals surface area contributed by atoms with Crippen molar-refractivity contribution in [3.05, 3.63) is 65.7 Å². The molecule has 0 aromatic heterocycles. The topological polar surface area (TPSA) is 78.5 Å². The standard InChI is InChI=1S/C23H31N3O3S/c1-26(18-20-6-3-2-4-7-20)17-5-16-24-23(27)15-10-19-8-13-22(14-9-19)30(28,29)25-21-11-12-21/h2-4,6-9,13-14,21,25H,5,10-12,15-18H2,1H3,(H,24,27). The zero-order chi connectivity index (χ0) is 21.4. The van der Waals surface area contributed by atoms with Crippen LogP contribution < -0.4 is 10.0 Å². The van der Waals surface area contributed by atoms with Crippen LogP contribution in [0, 0.1) is 0 Å². The number of nitrogens with zero attached hydrogens (tertiary/aromatic N) is 1. The number of carbonyl (C=O) groups is 1. The maximum atomic E-state index is 12.2. The average Bonchev–Trinajstić information content (AvgIpc) is 3.54. The van der Waals surface area contributed by atoms with Gasteiger partial charge in [0.05, 0.1) is 4.90 Å². The van der Waals surface area contributed by atoms with Crippen LogP contribution >= 0.6 is 0 Å². The lowest BCUT2D eigenvalue weighted by Crippen LogP contribution is -2.28. The first-order valence-corrected chi connectivity index (χ1v) is 12.0. The minimum atomic E-state index is -3.42. The smallest absolute Gasteiger partial charge is 0.240 e. The van der Waals surface area contributed by atoms with Gasteiger partial charge in [-0.3, -0.25) is 4.79 Å². The lowest BCUT2D eigenvalue weighted by atomic mass is 10.1. The van der Waals surface area contributed by atoms with Crippen molar-refractivity contribution in [2.45, 2.75) is 49.6 Å². The molecule has 0 aliphatic heterocycles. The number of hydrogen-bond donors (Lipinski definition) is 2. The maximum Gasteiger partial charge on any atom is 0.240 e. The van der Waals surface area contributed by atoms with Crippen molar-refractivity contribution in [3.63, 3.8) is 0 Å². The van der Waals surface area contributed by atoms with Crippen LogP contribution in [0.3, 0.4) is 0 Å². The van der Waals surface area contributed by atoms with E-state index in [2.05, 4.69) is 34.1 Å². The summed E-state index contributed by atoms with van der Waals surface area (Å²) in [6.45, 7) is 2.47. The molecule has 1 fully saturated rings. The molecule has 3 rings (SSSR count). The van der Waals surface area contributed by atoms with E-state index in [1.165, 1.54) is 5.56 Å². The van der Waals surface area contributed by atoms with Gasteiger partial charge >= 0.3 is 0 Å². The van der Waals surface area contributed by atoms with Gasteiger partial charge < -0.3 is 10.2 Å². The summed E-state index contributed by atoms with van der Waals surface area (Å²) in [4.78, 5) is 14.6. The van der Waals surface area contributed by atoms with Crippen LogP contribution in [-0.2, 0) is 27.8 Å². The van der Waals surface area contributed by atoms with Gasteiger partial charge in [0.15, 0.2) is 0 Å². The summed E-state index contributed by atoms with van der Waals surface area (Å²) in [5.41, 5.74) is 2.24. The molecule has 2 N–H and O–H groups in total. The molecule has 7 heteroatoms. The van der Waals surface area contributed by atoms with E-state index in [4.69, 9.17) is 0 Å². The highest BCUT2D eigenvalue weighted by molar-refractivity contribution is 7.89. The van der Waals surface area contributed by atoms with Crippen LogP contribution in [0.1, 0.15) is 36.8 Å². The first kappa shape index (κ1) is 22.5. The summed E-state index contributed by atoms with van der Waals surface area (Å²) in [6, 6.07) is 17.2. The Labute approximate surface area is 179 Å². The molecule has 0 heterocycles. The number of rotatable bonds is 12. The van der Waals surface area contributed by atoms with E-state index in [9.17, 15) is 13.2 Å². The van der Waals surface area contributed by atoms with E-state index in [-0.39, 0.29) is 16.8 Å². The van der Waals surface area contributed by atoms with Crippen molar-refractivity contribution < 1.29 is 13.2 Å². The van der Waals surface area contributed by atoms with Gasteiger partial charge in [0, 0.05) is 25.6 Å². The zero-order valence-electron chi connectivity index (χ0n) is 17.5. The number of benzene rings is 2. The van der Waals surface area contributed by atoms with Gasteiger partial charge in [-0.2, -0.15) is 0 Å². The van der Waals surface area contributed by atoms with Crippen LogP contribution in [0.2, 0.25) is 0 Å². The Morgan fingerprint density at radius 2 is 1.73 bits per heavy atom. The molecule has 0 saturated heterocycles. The average molecular weight is 430 g/mol. The molecule has 2 aromatic rings. The molecule has 1 aliphatic rings. The second kappa shape index (κ2) is 10.7. The van der Waals surface area contributed by atoms with Crippen LogP contribution in [0.25, 0.3) is 0 Å². The summed E-state index contributed by atoms with van der Waals surface area (Å²) < 4.78 is 27.0. The van der Waals surface area contributed by atoms with Crippen LogP contribution in [-0.4, -0.2) is 45.4 Å². The SMILES string of the molecule is CN(CCCNC(=O)CCc1ccc(S(=O)(=O)NC2CC2)cc1)Cc1ccccc1. The van der Waals surface area contributed by atoms with Crippen molar-refractivity contribution in [3.8, 4) is 0 Å². The molecule has 162 valence electrons. The second-order valence-electron chi connectivity index (χ2n) is 7.97. The van der Waals surface area contributed by atoms with Crippen molar-refractivity contribution in [1.82, 2.24) is 14.9 Å². The summed E-state index contributed by atoms with van der Waals surface area (Å²) >= 11 is 0. The fraction of sp³-hybridized carbons (Fsp3) is 0.435.